The molecule has 2 fully saturated rings. The molecule has 5 nitrogen and oxygen atoms in total. The summed E-state index contributed by atoms with van der Waals surface area (Å²) in [6, 6.07) is 14.9. The van der Waals surface area contributed by atoms with E-state index in [-0.39, 0.29) is 22.8 Å². The average molecular weight is 418 g/mol. The van der Waals surface area contributed by atoms with Gasteiger partial charge in [0.2, 0.25) is 0 Å². The van der Waals surface area contributed by atoms with E-state index in [0.29, 0.717) is 27.9 Å². The van der Waals surface area contributed by atoms with E-state index in [1.807, 2.05) is 30.3 Å². The van der Waals surface area contributed by atoms with E-state index in [2.05, 4.69) is 5.32 Å². The second-order valence-electron chi connectivity index (χ2n) is 8.83. The summed E-state index contributed by atoms with van der Waals surface area (Å²) in [5.41, 5.74) is 2.18. The summed E-state index contributed by atoms with van der Waals surface area (Å²) in [7, 11) is 0. The van der Waals surface area contributed by atoms with Crippen molar-refractivity contribution in [3.05, 3.63) is 69.9 Å². The molecule has 1 spiro atoms. The molecular weight excluding hydrogens is 390 g/mol. The fourth-order valence-corrected chi connectivity index (χ4v) is 5.33. The molecule has 1 N–H and O–H groups in total. The molecule has 5 rings (SSSR count). The van der Waals surface area contributed by atoms with Gasteiger partial charge in [0.05, 0.1) is 10.9 Å². The summed E-state index contributed by atoms with van der Waals surface area (Å²) in [4.78, 5) is 26.5. The highest BCUT2D eigenvalue weighted by atomic mass is 16.5. The highest BCUT2D eigenvalue weighted by Crippen LogP contribution is 2.46. The van der Waals surface area contributed by atoms with E-state index in [9.17, 15) is 9.59 Å². The fraction of sp³-hybridized carbons (Fsp3) is 0.385. The molecule has 1 aromatic heterocycles. The van der Waals surface area contributed by atoms with Gasteiger partial charge in [0.1, 0.15) is 5.76 Å². The van der Waals surface area contributed by atoms with E-state index in [4.69, 9.17) is 9.15 Å². The van der Waals surface area contributed by atoms with Crippen LogP contribution in [0.15, 0.2) is 57.7 Å². The number of rotatable bonds is 3. The lowest BCUT2D eigenvalue weighted by Crippen LogP contribution is -2.47. The Morgan fingerprint density at radius 3 is 2.58 bits per heavy atom. The first-order valence-corrected chi connectivity index (χ1v) is 11.1. The minimum atomic E-state index is -0.172. The van der Waals surface area contributed by atoms with Gasteiger partial charge in [0.25, 0.3) is 5.91 Å². The molecule has 1 atom stereocenters. The summed E-state index contributed by atoms with van der Waals surface area (Å²) in [5, 5.41) is 3.73. The molecule has 160 valence electrons. The first kappa shape index (κ1) is 20.0. The lowest BCUT2D eigenvalue weighted by atomic mass is 9.75. The van der Waals surface area contributed by atoms with Crippen molar-refractivity contribution in [3.63, 3.8) is 0 Å². The fourth-order valence-electron chi connectivity index (χ4n) is 5.33. The smallest absolute Gasteiger partial charge is 0.255 e. The maximum atomic E-state index is 13.4. The zero-order valence-electron chi connectivity index (χ0n) is 17.8. The number of hydrogen-bond donors (Lipinski definition) is 1. The number of carbonyl (C=O) groups is 1. The number of para-hydroxylation sites is 1. The molecule has 0 bridgehead atoms. The van der Waals surface area contributed by atoms with Crippen molar-refractivity contribution in [2.75, 3.05) is 13.2 Å². The van der Waals surface area contributed by atoms with Gasteiger partial charge in [-0.3, -0.25) is 9.59 Å². The molecule has 3 aromatic rings. The van der Waals surface area contributed by atoms with Gasteiger partial charge in [0, 0.05) is 30.4 Å². The van der Waals surface area contributed by atoms with Gasteiger partial charge in [-0.05, 0) is 50.2 Å². The van der Waals surface area contributed by atoms with Crippen LogP contribution in [0.1, 0.15) is 48.0 Å². The zero-order valence-corrected chi connectivity index (χ0v) is 17.8. The lowest BCUT2D eigenvalue weighted by molar-refractivity contribution is 0.00473. The predicted molar refractivity (Wildman–Crippen MR) is 120 cm³/mol. The third kappa shape index (κ3) is 3.47. The molecule has 1 aliphatic carbocycles. The molecule has 5 heteroatoms. The van der Waals surface area contributed by atoms with Crippen LogP contribution < -0.4 is 10.7 Å². The Balaban J connectivity index is 1.55. The molecule has 1 saturated carbocycles. The van der Waals surface area contributed by atoms with Crippen LogP contribution in [-0.4, -0.2) is 25.2 Å². The van der Waals surface area contributed by atoms with E-state index in [0.717, 1.165) is 50.9 Å². The number of hydrogen-bond acceptors (Lipinski definition) is 4. The van der Waals surface area contributed by atoms with Crippen molar-refractivity contribution in [2.45, 2.75) is 45.1 Å². The molecule has 31 heavy (non-hydrogen) atoms. The highest BCUT2D eigenvalue weighted by molar-refractivity contribution is 6.05. The van der Waals surface area contributed by atoms with Gasteiger partial charge in [-0.2, -0.15) is 0 Å². The Bertz CT molecular complexity index is 1180. The quantitative estimate of drug-likeness (QED) is 0.662. The summed E-state index contributed by atoms with van der Waals surface area (Å²) in [5.74, 6) is 0.342. The van der Waals surface area contributed by atoms with Crippen molar-refractivity contribution in [2.24, 2.45) is 5.41 Å². The second-order valence-corrected chi connectivity index (χ2v) is 8.83. The third-order valence-corrected chi connectivity index (χ3v) is 7.13. The van der Waals surface area contributed by atoms with Crippen LogP contribution in [0.5, 0.6) is 0 Å². The Morgan fingerprint density at radius 2 is 1.81 bits per heavy atom. The summed E-state index contributed by atoms with van der Waals surface area (Å²) in [6.45, 7) is 3.29. The Hall–Kier alpha value is -2.92. The number of ether oxygens (including phenoxy) is 1. The van der Waals surface area contributed by atoms with Crippen molar-refractivity contribution in [1.29, 1.82) is 0 Å². The Kier molecular flexibility index (Phi) is 5.14. The van der Waals surface area contributed by atoms with Crippen molar-refractivity contribution >= 4 is 16.9 Å². The maximum absolute atomic E-state index is 13.4. The molecule has 1 aliphatic heterocycles. The van der Waals surface area contributed by atoms with Gasteiger partial charge in [-0.25, -0.2) is 0 Å². The predicted octanol–water partition coefficient (Wildman–Crippen LogP) is 4.85. The number of fused-ring (bicyclic) bond motifs is 1. The van der Waals surface area contributed by atoms with Crippen molar-refractivity contribution in [1.82, 2.24) is 5.32 Å². The SMILES string of the molecule is Cc1c(-c2ccccc2)oc2c(C(=O)NC3CCCC34CCOCC4)cccc2c1=O. The molecule has 1 amide bonds. The second kappa shape index (κ2) is 7.97. The monoisotopic (exact) mass is 417 g/mol. The van der Waals surface area contributed by atoms with Gasteiger partial charge < -0.3 is 14.5 Å². The van der Waals surface area contributed by atoms with E-state index >= 15 is 0 Å². The molecule has 1 saturated heterocycles. The standard InChI is InChI=1S/C26H27NO4/c1-17-22(28)19-9-5-10-20(24(19)31-23(17)18-7-3-2-4-8-18)25(29)27-21-11-6-12-26(21)13-15-30-16-14-26/h2-5,7-10,21H,6,11-16H2,1H3,(H,27,29). The van der Waals surface area contributed by atoms with Crippen LogP contribution in [0.4, 0.5) is 0 Å². The number of carbonyl (C=O) groups excluding carboxylic acids is 1. The molecule has 2 aromatic carbocycles. The molecular formula is C26H27NO4. The zero-order chi connectivity index (χ0) is 21.4. The van der Waals surface area contributed by atoms with Gasteiger partial charge >= 0.3 is 0 Å². The molecule has 2 aliphatic rings. The summed E-state index contributed by atoms with van der Waals surface area (Å²) >= 11 is 0. The van der Waals surface area contributed by atoms with E-state index in [1.165, 1.54) is 0 Å². The minimum absolute atomic E-state index is 0.100. The van der Waals surface area contributed by atoms with Crippen LogP contribution >= 0.6 is 0 Å². The topological polar surface area (TPSA) is 68.5 Å². The number of benzene rings is 2. The van der Waals surface area contributed by atoms with E-state index < -0.39 is 0 Å². The molecule has 0 radical (unpaired) electrons. The maximum Gasteiger partial charge on any atom is 0.255 e. The van der Waals surface area contributed by atoms with Gasteiger partial charge in [-0.15, -0.1) is 0 Å². The summed E-state index contributed by atoms with van der Waals surface area (Å²) in [6.07, 6.45) is 5.20. The Labute approximate surface area is 181 Å². The molecule has 2 heterocycles. The van der Waals surface area contributed by atoms with Crippen LogP contribution in [0.25, 0.3) is 22.3 Å². The molecule has 1 unspecified atom stereocenters. The van der Waals surface area contributed by atoms with Crippen LogP contribution in [0.3, 0.4) is 0 Å². The lowest BCUT2D eigenvalue weighted by Gasteiger charge is -2.39. The normalized spacial score (nSPS) is 20.2. The third-order valence-electron chi connectivity index (χ3n) is 7.13. The van der Waals surface area contributed by atoms with Gasteiger partial charge in [0.15, 0.2) is 11.0 Å². The van der Waals surface area contributed by atoms with Crippen LogP contribution in [0, 0.1) is 12.3 Å². The van der Waals surface area contributed by atoms with Crippen LogP contribution in [-0.2, 0) is 4.74 Å². The van der Waals surface area contributed by atoms with Gasteiger partial charge in [-0.1, -0.05) is 42.8 Å². The highest BCUT2D eigenvalue weighted by Gasteiger charge is 2.44. The van der Waals surface area contributed by atoms with E-state index in [1.54, 1.807) is 25.1 Å². The van der Waals surface area contributed by atoms with Crippen molar-refractivity contribution in [3.8, 4) is 11.3 Å². The summed E-state index contributed by atoms with van der Waals surface area (Å²) < 4.78 is 11.8. The number of amides is 1. The number of nitrogens with one attached hydrogen (secondary N) is 1. The Morgan fingerprint density at radius 1 is 1.03 bits per heavy atom. The van der Waals surface area contributed by atoms with Crippen LogP contribution in [0.2, 0.25) is 0 Å². The minimum Gasteiger partial charge on any atom is -0.455 e. The average Bonchev–Trinajstić information content (AvgIpc) is 3.17. The first-order valence-electron chi connectivity index (χ1n) is 11.1. The largest absolute Gasteiger partial charge is 0.455 e. The first-order chi connectivity index (χ1) is 15.1. The van der Waals surface area contributed by atoms with Crippen molar-refractivity contribution < 1.29 is 13.9 Å².